The molecule has 35 heavy (non-hydrogen) atoms. The number of fused-ring (bicyclic) bond motifs is 1. The molecule has 0 spiro atoms. The van der Waals surface area contributed by atoms with Gasteiger partial charge in [0.25, 0.3) is 5.56 Å². The molecule has 1 atom stereocenters. The Bertz CT molecular complexity index is 1430. The number of nitrogens with zero attached hydrogens (tertiary/aromatic N) is 4. The van der Waals surface area contributed by atoms with Crippen LogP contribution in [0.5, 0.6) is 0 Å². The van der Waals surface area contributed by atoms with Gasteiger partial charge < -0.3 is 19.5 Å². The van der Waals surface area contributed by atoms with Gasteiger partial charge in [0, 0.05) is 25.0 Å². The molecule has 8 nitrogen and oxygen atoms in total. The molecule has 2 aromatic carbocycles. The van der Waals surface area contributed by atoms with E-state index in [1.807, 2.05) is 36.4 Å². The van der Waals surface area contributed by atoms with Crippen molar-refractivity contribution in [2.24, 2.45) is 0 Å². The number of benzene rings is 2. The quantitative estimate of drug-likeness (QED) is 0.465. The van der Waals surface area contributed by atoms with Crippen LogP contribution in [-0.2, 0) is 11.3 Å². The predicted molar refractivity (Wildman–Crippen MR) is 132 cm³/mol. The number of rotatable bonds is 4. The summed E-state index contributed by atoms with van der Waals surface area (Å²) in [5.41, 5.74) is -0.00705. The Morgan fingerprint density at radius 1 is 1.29 bits per heavy atom. The molecule has 0 aliphatic carbocycles. The largest absolute Gasteiger partial charge is 0.445 e. The van der Waals surface area contributed by atoms with Crippen molar-refractivity contribution in [2.45, 2.75) is 19.1 Å². The van der Waals surface area contributed by atoms with E-state index in [1.54, 1.807) is 4.90 Å². The Morgan fingerprint density at radius 2 is 2.03 bits per heavy atom. The minimum Gasteiger partial charge on any atom is -0.445 e. The first-order valence-electron chi connectivity index (χ1n) is 10.6. The molecule has 1 aliphatic heterocycles. The topological polar surface area (TPSA) is 113 Å². The number of nitriles is 2. The SMILES string of the molecule is N#CC[C@H]1CN(c2c(C#N)c(=O)[nH]c3c(F)c(Br)c(Cl)cc23)CCN1C(=O)OCc1ccccc1. The zero-order valence-corrected chi connectivity index (χ0v) is 20.6. The second kappa shape index (κ2) is 10.3. The molecule has 3 aromatic rings. The molecule has 0 radical (unpaired) electrons. The molecular formula is C24H18BrClFN5O3. The van der Waals surface area contributed by atoms with Gasteiger partial charge in [-0.1, -0.05) is 41.9 Å². The van der Waals surface area contributed by atoms with Gasteiger partial charge in [-0.15, -0.1) is 0 Å². The second-order valence-electron chi connectivity index (χ2n) is 7.89. The van der Waals surface area contributed by atoms with E-state index in [0.717, 1.165) is 5.56 Å². The Labute approximate surface area is 213 Å². The number of ether oxygens (including phenoxy) is 1. The fourth-order valence-corrected chi connectivity index (χ4v) is 4.64. The van der Waals surface area contributed by atoms with E-state index in [4.69, 9.17) is 16.3 Å². The maximum absolute atomic E-state index is 14.9. The molecule has 1 aromatic heterocycles. The van der Waals surface area contributed by atoms with Crippen LogP contribution in [0.2, 0.25) is 5.02 Å². The second-order valence-corrected chi connectivity index (χ2v) is 9.09. The summed E-state index contributed by atoms with van der Waals surface area (Å²) in [5.74, 6) is -0.757. The van der Waals surface area contributed by atoms with E-state index in [-0.39, 0.29) is 64.3 Å². The van der Waals surface area contributed by atoms with E-state index in [2.05, 4.69) is 27.0 Å². The first kappa shape index (κ1) is 24.5. The van der Waals surface area contributed by atoms with Crippen LogP contribution < -0.4 is 10.5 Å². The van der Waals surface area contributed by atoms with Gasteiger partial charge in [0.15, 0.2) is 5.82 Å². The first-order chi connectivity index (χ1) is 16.8. The number of carbonyl (C=O) groups is 1. The predicted octanol–water partition coefficient (Wildman–Crippen LogP) is 4.70. The summed E-state index contributed by atoms with van der Waals surface area (Å²) in [6.07, 6.45) is -0.566. The van der Waals surface area contributed by atoms with Gasteiger partial charge in [-0.25, -0.2) is 9.18 Å². The van der Waals surface area contributed by atoms with Crippen molar-refractivity contribution >= 4 is 50.2 Å². The Hall–Kier alpha value is -3.60. The number of anilines is 1. The van der Waals surface area contributed by atoms with Crippen molar-refractivity contribution in [3.05, 3.63) is 73.2 Å². The molecule has 1 saturated heterocycles. The number of piperazine rings is 1. The van der Waals surface area contributed by atoms with Crippen molar-refractivity contribution in [3.8, 4) is 12.1 Å². The van der Waals surface area contributed by atoms with Crippen LogP contribution >= 0.6 is 27.5 Å². The smallest absolute Gasteiger partial charge is 0.410 e. The highest BCUT2D eigenvalue weighted by Crippen LogP contribution is 2.37. The first-order valence-corrected chi connectivity index (χ1v) is 11.8. The molecule has 11 heteroatoms. The molecule has 1 amide bonds. The molecule has 0 bridgehead atoms. The summed E-state index contributed by atoms with van der Waals surface area (Å²) < 4.78 is 20.3. The summed E-state index contributed by atoms with van der Waals surface area (Å²) in [6.45, 7) is 0.621. The number of hydrogen-bond acceptors (Lipinski definition) is 6. The third-order valence-corrected chi connectivity index (χ3v) is 7.10. The maximum Gasteiger partial charge on any atom is 0.410 e. The lowest BCUT2D eigenvalue weighted by molar-refractivity contribution is 0.0769. The summed E-state index contributed by atoms with van der Waals surface area (Å²) in [6, 6.07) is 14.1. The van der Waals surface area contributed by atoms with Crippen LogP contribution in [0.1, 0.15) is 17.5 Å². The zero-order valence-electron chi connectivity index (χ0n) is 18.2. The van der Waals surface area contributed by atoms with E-state index in [9.17, 15) is 24.5 Å². The number of hydrogen-bond donors (Lipinski definition) is 1. The van der Waals surface area contributed by atoms with Gasteiger partial charge in [0.2, 0.25) is 0 Å². The van der Waals surface area contributed by atoms with E-state index >= 15 is 0 Å². The van der Waals surface area contributed by atoms with Crippen molar-refractivity contribution in [1.29, 1.82) is 10.5 Å². The zero-order chi connectivity index (χ0) is 25.1. The highest BCUT2D eigenvalue weighted by molar-refractivity contribution is 9.10. The lowest BCUT2D eigenvalue weighted by Crippen LogP contribution is -2.55. The van der Waals surface area contributed by atoms with Gasteiger partial charge in [0.1, 0.15) is 18.2 Å². The Morgan fingerprint density at radius 3 is 2.71 bits per heavy atom. The van der Waals surface area contributed by atoms with Gasteiger partial charge in [-0.2, -0.15) is 10.5 Å². The van der Waals surface area contributed by atoms with Gasteiger partial charge in [-0.05, 0) is 27.6 Å². The summed E-state index contributed by atoms with van der Waals surface area (Å²) >= 11 is 9.24. The highest BCUT2D eigenvalue weighted by atomic mass is 79.9. The summed E-state index contributed by atoms with van der Waals surface area (Å²) in [5, 5.41) is 19.4. The fourth-order valence-electron chi connectivity index (χ4n) is 4.14. The summed E-state index contributed by atoms with van der Waals surface area (Å²) in [4.78, 5) is 31.0. The molecular weight excluding hydrogens is 541 g/mol. The van der Waals surface area contributed by atoms with E-state index < -0.39 is 23.5 Å². The number of nitrogens with one attached hydrogen (secondary N) is 1. The molecule has 2 heterocycles. The Kier molecular flexibility index (Phi) is 7.25. The van der Waals surface area contributed by atoms with Crippen molar-refractivity contribution in [2.75, 3.05) is 24.5 Å². The lowest BCUT2D eigenvalue weighted by atomic mass is 10.0. The lowest BCUT2D eigenvalue weighted by Gasteiger charge is -2.41. The van der Waals surface area contributed by atoms with Crippen LogP contribution in [-0.4, -0.2) is 41.7 Å². The average molecular weight is 559 g/mol. The summed E-state index contributed by atoms with van der Waals surface area (Å²) in [7, 11) is 0. The monoisotopic (exact) mass is 557 g/mol. The highest BCUT2D eigenvalue weighted by Gasteiger charge is 2.34. The van der Waals surface area contributed by atoms with Crippen molar-refractivity contribution in [1.82, 2.24) is 9.88 Å². The molecule has 178 valence electrons. The maximum atomic E-state index is 14.9. The molecule has 1 N–H and O–H groups in total. The van der Waals surface area contributed by atoms with E-state index in [1.165, 1.54) is 11.0 Å². The van der Waals surface area contributed by atoms with Crippen LogP contribution in [0.15, 0.2) is 45.7 Å². The molecule has 1 fully saturated rings. The van der Waals surface area contributed by atoms with Gasteiger partial charge in [0.05, 0.1) is 39.2 Å². The Balaban J connectivity index is 1.67. The third kappa shape index (κ3) is 4.81. The number of aromatic amines is 1. The molecule has 0 unspecified atom stereocenters. The standard InChI is InChI=1S/C24H18BrClFN5O3/c25-19-18(26)10-16-21(20(19)27)30-23(33)17(11-29)22(16)31-8-9-32(15(12-31)6-7-28)24(34)35-13-14-4-2-1-3-5-14/h1-5,10,15H,6,8-9,12-13H2,(H,30,33)/t15-/m0/s1. The van der Waals surface area contributed by atoms with Gasteiger partial charge >= 0.3 is 6.09 Å². The number of pyridine rings is 1. The molecule has 4 rings (SSSR count). The number of amides is 1. The number of H-pyrrole nitrogens is 1. The van der Waals surface area contributed by atoms with Crippen LogP contribution in [0.4, 0.5) is 14.9 Å². The third-order valence-electron chi connectivity index (χ3n) is 5.80. The fraction of sp³-hybridized carbons (Fsp3) is 0.250. The molecule has 1 aliphatic rings. The van der Waals surface area contributed by atoms with Gasteiger partial charge in [-0.3, -0.25) is 4.79 Å². The van der Waals surface area contributed by atoms with Crippen molar-refractivity contribution in [3.63, 3.8) is 0 Å². The number of carbonyl (C=O) groups excluding carboxylic acids is 1. The minimum absolute atomic E-state index is 0.000608. The van der Waals surface area contributed by atoms with Crippen LogP contribution in [0.3, 0.4) is 0 Å². The van der Waals surface area contributed by atoms with Crippen LogP contribution in [0, 0.1) is 28.5 Å². The average Bonchev–Trinajstić information content (AvgIpc) is 2.86. The number of halogens is 3. The van der Waals surface area contributed by atoms with Crippen LogP contribution in [0.25, 0.3) is 10.9 Å². The minimum atomic E-state index is -0.757. The molecule has 0 saturated carbocycles. The van der Waals surface area contributed by atoms with E-state index in [0.29, 0.717) is 0 Å². The normalized spacial score (nSPS) is 15.5. The van der Waals surface area contributed by atoms with Crippen molar-refractivity contribution < 1.29 is 13.9 Å². The number of aromatic nitrogens is 1.